The lowest BCUT2D eigenvalue weighted by atomic mass is 10.1. The lowest BCUT2D eigenvalue weighted by Gasteiger charge is -2.16. The number of nitrogens with one attached hydrogen (secondary N) is 2. The van der Waals surface area contributed by atoms with Crippen LogP contribution < -0.4 is 10.6 Å². The number of thioether (sulfide) groups is 1. The van der Waals surface area contributed by atoms with Gasteiger partial charge in [-0.25, -0.2) is 4.79 Å². The van der Waals surface area contributed by atoms with Crippen LogP contribution in [0.2, 0.25) is 0 Å². The van der Waals surface area contributed by atoms with E-state index in [0.717, 1.165) is 23.4 Å². The molecule has 0 aliphatic heterocycles. The summed E-state index contributed by atoms with van der Waals surface area (Å²) in [5, 5.41) is 10.2. The highest BCUT2D eigenvalue weighted by Gasteiger charge is 2.38. The number of hydrogen-bond donors (Lipinski definition) is 2. The van der Waals surface area contributed by atoms with E-state index in [1.54, 1.807) is 37.3 Å². The minimum Gasteiger partial charge on any atom is -0.338 e. The Balaban J connectivity index is 2.30. The summed E-state index contributed by atoms with van der Waals surface area (Å²) in [6.07, 6.45) is -4.66. The van der Waals surface area contributed by atoms with Gasteiger partial charge in [0.2, 0.25) is 11.7 Å². The number of imide groups is 1. The van der Waals surface area contributed by atoms with E-state index in [1.807, 2.05) is 0 Å². The summed E-state index contributed by atoms with van der Waals surface area (Å²) < 4.78 is 39.4. The van der Waals surface area contributed by atoms with Crippen molar-refractivity contribution in [2.75, 3.05) is 6.54 Å². The van der Waals surface area contributed by atoms with E-state index in [-0.39, 0.29) is 5.16 Å². The van der Waals surface area contributed by atoms with Crippen molar-refractivity contribution in [3.05, 3.63) is 41.7 Å². The van der Waals surface area contributed by atoms with Crippen molar-refractivity contribution >= 4 is 23.7 Å². The smallest absolute Gasteiger partial charge is 0.338 e. The third-order valence-electron chi connectivity index (χ3n) is 3.23. The highest BCUT2D eigenvalue weighted by Crippen LogP contribution is 2.36. The molecule has 0 radical (unpaired) electrons. The SMILES string of the molecule is CCNC(=O)NC(=O)[C@@H](Sc1nnc(C(F)(F)F)n1C)c1ccccc1. The van der Waals surface area contributed by atoms with E-state index in [4.69, 9.17) is 0 Å². The number of rotatable bonds is 5. The van der Waals surface area contributed by atoms with Crippen molar-refractivity contribution in [1.29, 1.82) is 0 Å². The third kappa shape index (κ3) is 4.75. The molecule has 0 aliphatic carbocycles. The van der Waals surface area contributed by atoms with Crippen LogP contribution in [0.4, 0.5) is 18.0 Å². The largest absolute Gasteiger partial charge is 0.451 e. The molecule has 1 heterocycles. The maximum absolute atomic E-state index is 12.9. The Morgan fingerprint density at radius 2 is 1.88 bits per heavy atom. The summed E-state index contributed by atoms with van der Waals surface area (Å²) in [6, 6.07) is 7.68. The topological polar surface area (TPSA) is 88.9 Å². The standard InChI is InChI=1S/C15H16F3N5O2S/c1-3-19-13(25)20-11(24)10(9-7-5-4-6-8-9)26-14-22-21-12(23(14)2)15(16,17)18/h4-8,10H,3H2,1-2H3,(H2,19,20,24,25)/t10-/m0/s1. The van der Waals surface area contributed by atoms with Crippen molar-refractivity contribution in [3.63, 3.8) is 0 Å². The molecule has 11 heteroatoms. The Hall–Kier alpha value is -2.56. The first kappa shape index (κ1) is 19.8. The zero-order valence-corrected chi connectivity index (χ0v) is 14.7. The maximum Gasteiger partial charge on any atom is 0.451 e. The van der Waals surface area contributed by atoms with Crippen LogP contribution in [0.1, 0.15) is 23.6 Å². The molecule has 0 bridgehead atoms. The molecular formula is C15H16F3N5O2S. The fourth-order valence-corrected chi connectivity index (χ4v) is 3.06. The highest BCUT2D eigenvalue weighted by molar-refractivity contribution is 8.00. The van der Waals surface area contributed by atoms with Crippen molar-refractivity contribution in [2.24, 2.45) is 7.05 Å². The summed E-state index contributed by atoms with van der Waals surface area (Å²) in [7, 11) is 1.16. The Kier molecular flexibility index (Phi) is 6.24. The molecule has 1 aromatic heterocycles. The van der Waals surface area contributed by atoms with Crippen LogP contribution in [-0.2, 0) is 18.0 Å². The van der Waals surface area contributed by atoms with Gasteiger partial charge < -0.3 is 9.88 Å². The number of aromatic nitrogens is 3. The van der Waals surface area contributed by atoms with Gasteiger partial charge in [-0.2, -0.15) is 13.2 Å². The molecule has 1 atom stereocenters. The summed E-state index contributed by atoms with van der Waals surface area (Å²) in [5.74, 6) is -1.85. The summed E-state index contributed by atoms with van der Waals surface area (Å²) in [4.78, 5) is 24.1. The van der Waals surface area contributed by atoms with Crippen LogP contribution in [0.5, 0.6) is 0 Å². The van der Waals surface area contributed by atoms with Crippen LogP contribution in [0.3, 0.4) is 0 Å². The number of carbonyl (C=O) groups excluding carboxylic acids is 2. The normalized spacial score (nSPS) is 12.5. The molecule has 2 N–H and O–H groups in total. The second kappa shape index (κ2) is 8.21. The van der Waals surface area contributed by atoms with Gasteiger partial charge in [0.1, 0.15) is 5.25 Å². The lowest BCUT2D eigenvalue weighted by Crippen LogP contribution is -2.41. The van der Waals surface area contributed by atoms with Gasteiger partial charge in [-0.15, -0.1) is 10.2 Å². The average Bonchev–Trinajstić information content (AvgIpc) is 2.94. The number of urea groups is 1. The molecule has 26 heavy (non-hydrogen) atoms. The maximum atomic E-state index is 12.9. The third-order valence-corrected chi connectivity index (χ3v) is 4.51. The van der Waals surface area contributed by atoms with Gasteiger partial charge in [0.25, 0.3) is 0 Å². The lowest BCUT2D eigenvalue weighted by molar-refractivity contribution is -0.147. The first-order valence-corrected chi connectivity index (χ1v) is 8.39. The summed E-state index contributed by atoms with van der Waals surface area (Å²) in [6.45, 7) is 2.01. The van der Waals surface area contributed by atoms with Gasteiger partial charge in [-0.05, 0) is 12.5 Å². The van der Waals surface area contributed by atoms with E-state index >= 15 is 0 Å². The molecule has 0 saturated heterocycles. The second-order valence-electron chi connectivity index (χ2n) is 5.12. The predicted molar refractivity (Wildman–Crippen MR) is 88.3 cm³/mol. The van der Waals surface area contributed by atoms with Crippen LogP contribution in [-0.4, -0.2) is 33.2 Å². The average molecular weight is 387 g/mol. The number of alkyl halides is 3. The second-order valence-corrected chi connectivity index (χ2v) is 6.19. The van der Waals surface area contributed by atoms with Crippen LogP contribution in [0.25, 0.3) is 0 Å². The quantitative estimate of drug-likeness (QED) is 0.770. The highest BCUT2D eigenvalue weighted by atomic mass is 32.2. The molecule has 0 aliphatic rings. The molecule has 0 fully saturated rings. The van der Waals surface area contributed by atoms with Crippen molar-refractivity contribution < 1.29 is 22.8 Å². The fraction of sp³-hybridized carbons (Fsp3) is 0.333. The first-order valence-electron chi connectivity index (χ1n) is 7.51. The van der Waals surface area contributed by atoms with Gasteiger partial charge in [0.05, 0.1) is 0 Å². The Bertz CT molecular complexity index is 779. The summed E-state index contributed by atoms with van der Waals surface area (Å²) in [5.41, 5.74) is 0.510. The molecular weight excluding hydrogens is 371 g/mol. The molecule has 7 nitrogen and oxygen atoms in total. The van der Waals surface area contributed by atoms with Gasteiger partial charge in [0.15, 0.2) is 5.16 Å². The summed E-state index contributed by atoms with van der Waals surface area (Å²) >= 11 is 0.771. The van der Waals surface area contributed by atoms with Gasteiger partial charge >= 0.3 is 12.2 Å². The number of halogens is 3. The number of hydrogen-bond acceptors (Lipinski definition) is 5. The first-order chi connectivity index (χ1) is 12.2. The molecule has 0 unspecified atom stereocenters. The van der Waals surface area contributed by atoms with Gasteiger partial charge in [-0.1, -0.05) is 42.1 Å². The van der Waals surface area contributed by atoms with Crippen LogP contribution >= 0.6 is 11.8 Å². The number of benzene rings is 1. The molecule has 0 saturated carbocycles. The minimum absolute atomic E-state index is 0.0998. The van der Waals surface area contributed by atoms with Crippen molar-refractivity contribution in [2.45, 2.75) is 23.5 Å². The van der Waals surface area contributed by atoms with E-state index in [1.165, 1.54) is 0 Å². The van der Waals surface area contributed by atoms with E-state index < -0.39 is 29.2 Å². The van der Waals surface area contributed by atoms with Gasteiger partial charge in [-0.3, -0.25) is 10.1 Å². The Morgan fingerprint density at radius 3 is 2.42 bits per heavy atom. The van der Waals surface area contributed by atoms with Crippen LogP contribution in [0, 0.1) is 0 Å². The minimum atomic E-state index is -4.66. The van der Waals surface area contributed by atoms with E-state index in [9.17, 15) is 22.8 Å². The number of carbonyl (C=O) groups is 2. The van der Waals surface area contributed by atoms with Crippen molar-refractivity contribution in [3.8, 4) is 0 Å². The zero-order valence-electron chi connectivity index (χ0n) is 13.9. The molecule has 1 aromatic carbocycles. The van der Waals surface area contributed by atoms with Crippen LogP contribution in [0.15, 0.2) is 35.5 Å². The van der Waals surface area contributed by atoms with Crippen molar-refractivity contribution in [1.82, 2.24) is 25.4 Å². The Morgan fingerprint density at radius 1 is 1.23 bits per heavy atom. The number of amides is 3. The predicted octanol–water partition coefficient (Wildman–Crippen LogP) is 2.51. The fourth-order valence-electron chi connectivity index (χ4n) is 2.05. The molecule has 2 rings (SSSR count). The Labute approximate surface area is 151 Å². The molecule has 2 aromatic rings. The monoisotopic (exact) mass is 387 g/mol. The van der Waals surface area contributed by atoms with E-state index in [0.29, 0.717) is 12.1 Å². The molecule has 0 spiro atoms. The molecule has 3 amide bonds. The zero-order chi connectivity index (χ0) is 19.3. The van der Waals surface area contributed by atoms with E-state index in [2.05, 4.69) is 20.8 Å². The molecule has 140 valence electrons. The van der Waals surface area contributed by atoms with Gasteiger partial charge in [0, 0.05) is 13.6 Å². The number of nitrogens with zero attached hydrogens (tertiary/aromatic N) is 3.